The van der Waals surface area contributed by atoms with Crippen LogP contribution >= 0.6 is 0 Å². The van der Waals surface area contributed by atoms with E-state index in [-0.39, 0.29) is 12.4 Å². The molecule has 0 heterocycles. The number of halogens is 1. The van der Waals surface area contributed by atoms with Gasteiger partial charge in [-0.1, -0.05) is 0 Å². The number of hydrogen-bond donors (Lipinski definition) is 2. The smallest absolute Gasteiger partial charge is 0.232 e. The first kappa shape index (κ1) is 12.9. The predicted octanol–water partition coefficient (Wildman–Crippen LogP) is 1.34. The van der Waals surface area contributed by atoms with E-state index in [1.54, 1.807) is 0 Å². The van der Waals surface area contributed by atoms with Gasteiger partial charge in [0.15, 0.2) is 0 Å². The van der Waals surface area contributed by atoms with Gasteiger partial charge in [0, 0.05) is 12.3 Å². The molecule has 0 amide bonds. The highest BCUT2D eigenvalue weighted by molar-refractivity contribution is 7.92. The molecule has 4 nitrogen and oxygen atoms in total. The van der Waals surface area contributed by atoms with E-state index in [9.17, 15) is 12.8 Å². The molecule has 0 aliphatic heterocycles. The van der Waals surface area contributed by atoms with Gasteiger partial charge < -0.3 is 5.11 Å². The van der Waals surface area contributed by atoms with Gasteiger partial charge >= 0.3 is 0 Å². The van der Waals surface area contributed by atoms with Crippen LogP contribution in [0.1, 0.15) is 12.8 Å². The van der Waals surface area contributed by atoms with Crippen LogP contribution in [-0.4, -0.2) is 25.9 Å². The van der Waals surface area contributed by atoms with Crippen LogP contribution in [0.5, 0.6) is 0 Å². The van der Waals surface area contributed by atoms with Crippen molar-refractivity contribution in [3.05, 3.63) is 30.1 Å². The maximum Gasteiger partial charge on any atom is 0.232 e. The zero-order valence-electron chi connectivity index (χ0n) is 8.69. The zero-order chi connectivity index (χ0) is 12.0. The molecule has 1 aromatic carbocycles. The van der Waals surface area contributed by atoms with Crippen LogP contribution in [0.25, 0.3) is 0 Å². The number of benzene rings is 1. The Morgan fingerprint density at radius 2 is 1.81 bits per heavy atom. The fourth-order valence-electron chi connectivity index (χ4n) is 1.15. The van der Waals surface area contributed by atoms with Gasteiger partial charge in [-0.15, -0.1) is 0 Å². The summed E-state index contributed by atoms with van der Waals surface area (Å²) < 4.78 is 37.8. The first-order valence-corrected chi connectivity index (χ1v) is 6.55. The van der Waals surface area contributed by atoms with Crippen molar-refractivity contribution in [2.75, 3.05) is 17.1 Å². The van der Waals surface area contributed by atoms with Crippen LogP contribution in [0.15, 0.2) is 24.3 Å². The Balaban J connectivity index is 2.55. The average molecular weight is 247 g/mol. The lowest BCUT2D eigenvalue weighted by Gasteiger charge is -2.07. The molecule has 0 bridgehead atoms. The van der Waals surface area contributed by atoms with Crippen LogP contribution in [0.3, 0.4) is 0 Å². The highest BCUT2D eigenvalue weighted by Crippen LogP contribution is 2.11. The van der Waals surface area contributed by atoms with E-state index in [0.717, 1.165) is 0 Å². The molecule has 16 heavy (non-hydrogen) atoms. The van der Waals surface area contributed by atoms with Crippen molar-refractivity contribution in [3.63, 3.8) is 0 Å². The van der Waals surface area contributed by atoms with Crippen LogP contribution in [0.2, 0.25) is 0 Å². The number of sulfonamides is 1. The summed E-state index contributed by atoms with van der Waals surface area (Å²) in [4.78, 5) is 0. The summed E-state index contributed by atoms with van der Waals surface area (Å²) in [5, 5.41) is 8.53. The van der Waals surface area contributed by atoms with E-state index in [2.05, 4.69) is 4.72 Å². The highest BCUT2D eigenvalue weighted by atomic mass is 32.2. The Bertz CT molecular complexity index is 416. The standard InChI is InChI=1S/C10H14FNO3S/c11-9-3-5-10(6-4-9)12-16(14,15)8-2-1-7-13/h3-6,12-13H,1-2,7-8H2. The molecular formula is C10H14FNO3S. The lowest BCUT2D eigenvalue weighted by atomic mass is 10.3. The molecule has 0 aliphatic carbocycles. The topological polar surface area (TPSA) is 66.4 Å². The molecule has 0 radical (unpaired) electrons. The molecule has 6 heteroatoms. The Morgan fingerprint density at radius 1 is 1.19 bits per heavy atom. The molecule has 2 N–H and O–H groups in total. The maximum atomic E-state index is 12.6. The van der Waals surface area contributed by atoms with Crippen molar-refractivity contribution in [2.45, 2.75) is 12.8 Å². The predicted molar refractivity (Wildman–Crippen MR) is 60.1 cm³/mol. The van der Waals surface area contributed by atoms with Crippen molar-refractivity contribution < 1.29 is 17.9 Å². The van der Waals surface area contributed by atoms with Gasteiger partial charge in [-0.3, -0.25) is 4.72 Å². The van der Waals surface area contributed by atoms with Crippen LogP contribution in [0.4, 0.5) is 10.1 Å². The van der Waals surface area contributed by atoms with E-state index in [4.69, 9.17) is 5.11 Å². The molecule has 0 unspecified atom stereocenters. The highest BCUT2D eigenvalue weighted by Gasteiger charge is 2.09. The SMILES string of the molecule is O=S(=O)(CCCCO)Nc1ccc(F)cc1. The second kappa shape index (κ2) is 5.81. The first-order chi connectivity index (χ1) is 7.53. The fraction of sp³-hybridized carbons (Fsp3) is 0.400. The van der Waals surface area contributed by atoms with Gasteiger partial charge in [-0.05, 0) is 37.1 Å². The number of aliphatic hydroxyl groups excluding tert-OH is 1. The first-order valence-electron chi connectivity index (χ1n) is 4.90. The van der Waals surface area contributed by atoms with E-state index in [1.165, 1.54) is 24.3 Å². The van der Waals surface area contributed by atoms with Crippen LogP contribution in [0, 0.1) is 5.82 Å². The summed E-state index contributed by atoms with van der Waals surface area (Å²) in [5.41, 5.74) is 0.338. The second-order valence-electron chi connectivity index (χ2n) is 3.36. The molecule has 0 aliphatic rings. The Hall–Kier alpha value is -1.14. The molecule has 0 fully saturated rings. The molecule has 0 saturated heterocycles. The number of anilines is 1. The van der Waals surface area contributed by atoms with Gasteiger partial charge in [-0.2, -0.15) is 0 Å². The van der Waals surface area contributed by atoms with Gasteiger partial charge in [0.1, 0.15) is 5.82 Å². The van der Waals surface area contributed by atoms with Crippen LogP contribution < -0.4 is 4.72 Å². The largest absolute Gasteiger partial charge is 0.396 e. The Labute approximate surface area is 94.2 Å². The number of rotatable bonds is 6. The summed E-state index contributed by atoms with van der Waals surface area (Å²) in [5.74, 6) is -0.464. The minimum Gasteiger partial charge on any atom is -0.396 e. The van der Waals surface area contributed by atoms with Gasteiger partial charge in [0.25, 0.3) is 0 Å². The molecule has 1 aromatic rings. The monoisotopic (exact) mass is 247 g/mol. The van der Waals surface area contributed by atoms with E-state index in [1.807, 2.05) is 0 Å². The van der Waals surface area contributed by atoms with Crippen molar-refractivity contribution in [2.24, 2.45) is 0 Å². The number of unbranched alkanes of at least 4 members (excludes halogenated alkanes) is 1. The molecule has 90 valence electrons. The molecule has 0 saturated carbocycles. The molecule has 1 rings (SSSR count). The van der Waals surface area contributed by atoms with Crippen molar-refractivity contribution in [1.29, 1.82) is 0 Å². The number of aliphatic hydroxyl groups is 1. The summed E-state index contributed by atoms with van der Waals surface area (Å²) in [6, 6.07) is 5.09. The lowest BCUT2D eigenvalue weighted by Crippen LogP contribution is -2.16. The summed E-state index contributed by atoms with van der Waals surface area (Å²) >= 11 is 0. The van der Waals surface area contributed by atoms with Gasteiger partial charge in [-0.25, -0.2) is 12.8 Å². The summed E-state index contributed by atoms with van der Waals surface area (Å²) in [6.07, 6.45) is 0.845. The summed E-state index contributed by atoms with van der Waals surface area (Å²) in [6.45, 7) is -0.0218. The van der Waals surface area contributed by atoms with Crippen LogP contribution in [-0.2, 0) is 10.0 Å². The molecule has 0 spiro atoms. The minimum atomic E-state index is -3.40. The quantitative estimate of drug-likeness (QED) is 0.745. The van der Waals surface area contributed by atoms with E-state index in [0.29, 0.717) is 18.5 Å². The number of nitrogens with one attached hydrogen (secondary N) is 1. The average Bonchev–Trinajstić information content (AvgIpc) is 2.21. The van der Waals surface area contributed by atoms with Gasteiger partial charge in [0.05, 0.1) is 5.75 Å². The lowest BCUT2D eigenvalue weighted by molar-refractivity contribution is 0.287. The zero-order valence-corrected chi connectivity index (χ0v) is 9.50. The minimum absolute atomic E-state index is 0.0218. The maximum absolute atomic E-state index is 12.6. The molecule has 0 atom stereocenters. The third-order valence-electron chi connectivity index (χ3n) is 1.94. The molecule has 0 aromatic heterocycles. The summed E-state index contributed by atoms with van der Waals surface area (Å²) in [7, 11) is -3.40. The van der Waals surface area contributed by atoms with Crippen molar-refractivity contribution >= 4 is 15.7 Å². The fourth-order valence-corrected chi connectivity index (χ4v) is 2.33. The van der Waals surface area contributed by atoms with Gasteiger partial charge in [0.2, 0.25) is 10.0 Å². The third-order valence-corrected chi connectivity index (χ3v) is 3.31. The molecular weight excluding hydrogens is 233 g/mol. The van der Waals surface area contributed by atoms with Crippen molar-refractivity contribution in [1.82, 2.24) is 0 Å². The number of hydrogen-bond acceptors (Lipinski definition) is 3. The van der Waals surface area contributed by atoms with E-state index >= 15 is 0 Å². The van der Waals surface area contributed by atoms with Crippen molar-refractivity contribution in [3.8, 4) is 0 Å². The van der Waals surface area contributed by atoms with E-state index < -0.39 is 15.8 Å². The Morgan fingerprint density at radius 3 is 2.38 bits per heavy atom. The Kier molecular flexibility index (Phi) is 4.70. The normalized spacial score (nSPS) is 11.4. The third kappa shape index (κ3) is 4.59. The second-order valence-corrected chi connectivity index (χ2v) is 5.20.